The van der Waals surface area contributed by atoms with Crippen molar-refractivity contribution in [3.05, 3.63) is 35.4 Å². The minimum absolute atomic E-state index is 0.106. The monoisotopic (exact) mass is 381 g/mol. The Morgan fingerprint density at radius 2 is 2.00 bits per heavy atom. The van der Waals surface area contributed by atoms with Gasteiger partial charge in [-0.25, -0.2) is 0 Å². The Kier molecular flexibility index (Phi) is 7.06. The van der Waals surface area contributed by atoms with Crippen LogP contribution in [0.2, 0.25) is 0 Å². The molecule has 1 aromatic rings. The molecule has 3 rings (SSSR count). The molecule has 0 saturated carbocycles. The van der Waals surface area contributed by atoms with E-state index >= 15 is 0 Å². The van der Waals surface area contributed by atoms with Crippen LogP contribution in [-0.4, -0.2) is 72.4 Å². The fourth-order valence-electron chi connectivity index (χ4n) is 3.86. The quantitative estimate of drug-likeness (QED) is 0.779. The number of carbonyl (C=O) groups is 1. The number of hydrogen-bond acceptors (Lipinski definition) is 5. The minimum atomic E-state index is -0.553. The number of morpholine rings is 1. The molecule has 1 amide bonds. The maximum absolute atomic E-state index is 12.8. The highest BCUT2D eigenvalue weighted by Crippen LogP contribution is 2.40. The number of carbonyl (C=O) groups excluding carboxylic acids is 1. The van der Waals surface area contributed by atoms with Gasteiger partial charge in [-0.2, -0.15) is 5.26 Å². The van der Waals surface area contributed by atoms with E-state index in [0.29, 0.717) is 26.3 Å². The van der Waals surface area contributed by atoms with Gasteiger partial charge in [-0.15, -0.1) is 0 Å². The molecule has 6 heteroatoms. The summed E-state index contributed by atoms with van der Waals surface area (Å²) in [5.41, 5.74) is 1.90. The summed E-state index contributed by atoms with van der Waals surface area (Å²) in [7, 11) is 0. The summed E-state index contributed by atoms with van der Waals surface area (Å²) in [5.74, 6) is 5.96. The van der Waals surface area contributed by atoms with E-state index in [2.05, 4.69) is 24.8 Å². The zero-order valence-corrected chi connectivity index (χ0v) is 16.3. The molecule has 1 aromatic carbocycles. The van der Waals surface area contributed by atoms with Gasteiger partial charge in [0.15, 0.2) is 0 Å². The molecule has 2 aliphatic heterocycles. The number of nitriles is 1. The van der Waals surface area contributed by atoms with Gasteiger partial charge >= 0.3 is 0 Å². The Labute approximate surface area is 166 Å². The highest BCUT2D eigenvalue weighted by Gasteiger charge is 2.51. The molecule has 0 spiro atoms. The number of amides is 1. The van der Waals surface area contributed by atoms with Crippen molar-refractivity contribution in [3.8, 4) is 17.9 Å². The van der Waals surface area contributed by atoms with Crippen LogP contribution in [0.25, 0.3) is 0 Å². The highest BCUT2D eigenvalue weighted by atomic mass is 16.5. The number of hydrogen-bond donors (Lipinski definition) is 1. The minimum Gasteiger partial charge on any atom is -0.394 e. The van der Waals surface area contributed by atoms with E-state index in [1.807, 2.05) is 29.2 Å². The van der Waals surface area contributed by atoms with Crippen molar-refractivity contribution in [1.82, 2.24) is 9.80 Å². The van der Waals surface area contributed by atoms with Crippen molar-refractivity contribution < 1.29 is 14.6 Å². The predicted molar refractivity (Wildman–Crippen MR) is 105 cm³/mol. The number of aliphatic hydroxyl groups excluding tert-OH is 1. The van der Waals surface area contributed by atoms with Crippen molar-refractivity contribution in [1.29, 1.82) is 5.26 Å². The Bertz CT molecular complexity index is 769. The molecular formula is C22H27N3O3. The second-order valence-corrected chi connectivity index (χ2v) is 7.21. The third-order valence-corrected chi connectivity index (χ3v) is 5.38. The molecule has 2 fully saturated rings. The van der Waals surface area contributed by atoms with Gasteiger partial charge in [0, 0.05) is 31.0 Å². The average Bonchev–Trinajstić information content (AvgIpc) is 2.70. The Morgan fingerprint density at radius 3 is 2.61 bits per heavy atom. The molecule has 2 aliphatic rings. The molecule has 0 unspecified atom stereocenters. The van der Waals surface area contributed by atoms with Gasteiger partial charge < -0.3 is 14.7 Å². The lowest BCUT2D eigenvalue weighted by Crippen LogP contribution is -2.66. The summed E-state index contributed by atoms with van der Waals surface area (Å²) in [4.78, 5) is 16.4. The first kappa shape index (κ1) is 20.4. The second kappa shape index (κ2) is 9.71. The predicted octanol–water partition coefficient (Wildman–Crippen LogP) is 1.35. The number of likely N-dealkylation sites (tertiary alicyclic amines) is 1. The molecule has 148 valence electrons. The highest BCUT2D eigenvalue weighted by molar-refractivity contribution is 5.81. The third kappa shape index (κ3) is 4.36. The average molecular weight is 381 g/mol. The second-order valence-electron chi connectivity index (χ2n) is 7.21. The van der Waals surface area contributed by atoms with E-state index < -0.39 is 6.04 Å². The van der Waals surface area contributed by atoms with E-state index in [-0.39, 0.29) is 31.0 Å². The van der Waals surface area contributed by atoms with Crippen LogP contribution in [0.15, 0.2) is 24.3 Å². The van der Waals surface area contributed by atoms with Gasteiger partial charge in [-0.05, 0) is 24.1 Å². The third-order valence-electron chi connectivity index (χ3n) is 5.38. The summed E-state index contributed by atoms with van der Waals surface area (Å²) in [6, 6.07) is 9.14. The van der Waals surface area contributed by atoms with Crippen LogP contribution < -0.4 is 0 Å². The topological polar surface area (TPSA) is 76.8 Å². The van der Waals surface area contributed by atoms with Gasteiger partial charge in [0.05, 0.1) is 38.5 Å². The molecule has 0 aromatic heterocycles. The smallest absolute Gasteiger partial charge is 0.238 e. The van der Waals surface area contributed by atoms with E-state index in [9.17, 15) is 15.2 Å². The van der Waals surface area contributed by atoms with Gasteiger partial charge in [-0.3, -0.25) is 9.69 Å². The first-order chi connectivity index (χ1) is 13.7. The van der Waals surface area contributed by atoms with Crippen LogP contribution in [0.4, 0.5) is 0 Å². The van der Waals surface area contributed by atoms with Crippen molar-refractivity contribution in [2.24, 2.45) is 0 Å². The molecule has 2 saturated heterocycles. The largest absolute Gasteiger partial charge is 0.394 e. The molecule has 28 heavy (non-hydrogen) atoms. The summed E-state index contributed by atoms with van der Waals surface area (Å²) in [6.07, 6.45) is 1.90. The van der Waals surface area contributed by atoms with Gasteiger partial charge in [-0.1, -0.05) is 30.9 Å². The summed E-state index contributed by atoms with van der Waals surface area (Å²) in [6.45, 7) is 4.86. The lowest BCUT2D eigenvalue weighted by atomic mass is 9.75. The maximum atomic E-state index is 12.8. The Balaban J connectivity index is 1.69. The van der Waals surface area contributed by atoms with Crippen LogP contribution in [-0.2, 0) is 9.53 Å². The number of aliphatic hydroxyl groups is 1. The number of ether oxygens (including phenoxy) is 1. The van der Waals surface area contributed by atoms with Gasteiger partial charge in [0.1, 0.15) is 6.04 Å². The lowest BCUT2D eigenvalue weighted by molar-refractivity contribution is -0.149. The molecule has 0 radical (unpaired) electrons. The van der Waals surface area contributed by atoms with Crippen molar-refractivity contribution in [2.75, 3.05) is 39.5 Å². The summed E-state index contributed by atoms with van der Waals surface area (Å²) < 4.78 is 5.31. The van der Waals surface area contributed by atoms with E-state index in [1.54, 1.807) is 4.90 Å². The van der Waals surface area contributed by atoms with Gasteiger partial charge in [0.25, 0.3) is 0 Å². The normalized spacial score (nSPS) is 24.6. The molecule has 0 bridgehead atoms. The fraction of sp³-hybridized carbons (Fsp3) is 0.545. The van der Waals surface area contributed by atoms with Crippen LogP contribution in [0.3, 0.4) is 0 Å². The number of nitrogens with zero attached hydrogens (tertiary/aromatic N) is 3. The van der Waals surface area contributed by atoms with Crippen LogP contribution in [0.1, 0.15) is 36.8 Å². The van der Waals surface area contributed by atoms with E-state index in [0.717, 1.165) is 24.0 Å². The standard InChI is InChI=1S/C22H27N3O3/c1-2-3-4-5-17-6-8-18(9-7-17)22-19(14-23)25(20(22)16-26)21(27)15-24-10-12-28-13-11-24/h6-9,19-20,22,26H,2-3,10-13,15-16H2,1H3/t19-,20-,22+/m1/s1. The zero-order valence-electron chi connectivity index (χ0n) is 16.3. The number of unbranched alkanes of at least 4 members (excludes halogenated alkanes) is 1. The SMILES string of the molecule is CCCC#Cc1ccc([C@H]2[C@@H](C#N)N(C(=O)CN3CCOCC3)[C@@H]2CO)cc1. The van der Waals surface area contributed by atoms with E-state index in [4.69, 9.17) is 4.74 Å². The first-order valence-electron chi connectivity index (χ1n) is 9.90. The van der Waals surface area contributed by atoms with Crippen LogP contribution in [0, 0.1) is 23.2 Å². The fourth-order valence-corrected chi connectivity index (χ4v) is 3.86. The number of rotatable bonds is 5. The first-order valence-corrected chi connectivity index (χ1v) is 9.90. The molecule has 0 aliphatic carbocycles. The molecule has 2 heterocycles. The number of benzene rings is 1. The Morgan fingerprint density at radius 1 is 1.29 bits per heavy atom. The van der Waals surface area contributed by atoms with Crippen molar-refractivity contribution >= 4 is 5.91 Å². The molecular weight excluding hydrogens is 354 g/mol. The summed E-state index contributed by atoms with van der Waals surface area (Å²) in [5, 5.41) is 19.6. The van der Waals surface area contributed by atoms with Crippen LogP contribution >= 0.6 is 0 Å². The zero-order chi connectivity index (χ0) is 19.9. The summed E-state index contributed by atoms with van der Waals surface area (Å²) >= 11 is 0. The maximum Gasteiger partial charge on any atom is 0.238 e. The Hall–Kier alpha value is -2.38. The van der Waals surface area contributed by atoms with Crippen molar-refractivity contribution in [2.45, 2.75) is 37.8 Å². The van der Waals surface area contributed by atoms with Crippen LogP contribution in [0.5, 0.6) is 0 Å². The molecule has 6 nitrogen and oxygen atoms in total. The molecule has 3 atom stereocenters. The van der Waals surface area contributed by atoms with E-state index in [1.165, 1.54) is 0 Å². The van der Waals surface area contributed by atoms with Gasteiger partial charge in [0.2, 0.25) is 5.91 Å². The lowest BCUT2D eigenvalue weighted by Gasteiger charge is -2.52. The van der Waals surface area contributed by atoms with Crippen molar-refractivity contribution in [3.63, 3.8) is 0 Å². The molecule has 1 N–H and O–H groups in total.